The van der Waals surface area contributed by atoms with Gasteiger partial charge in [-0.1, -0.05) is 12.1 Å². The molecule has 1 heterocycles. The molecular formula is C14H15IN2O2. The summed E-state index contributed by atoms with van der Waals surface area (Å²) in [5.74, 6) is 0.144. The second-order valence-corrected chi connectivity index (χ2v) is 5.35. The van der Waals surface area contributed by atoms with Gasteiger partial charge in [-0.3, -0.25) is 4.98 Å². The van der Waals surface area contributed by atoms with Crippen LogP contribution in [0.1, 0.15) is 16.8 Å². The van der Waals surface area contributed by atoms with Crippen LogP contribution in [0.5, 0.6) is 5.75 Å². The SMILES string of the molecule is Cc1ncc(CO)c(CNc2ccccc2I)c1O. The maximum atomic E-state index is 10.0. The Balaban J connectivity index is 2.24. The summed E-state index contributed by atoms with van der Waals surface area (Å²) >= 11 is 2.25. The van der Waals surface area contributed by atoms with Crippen LogP contribution in [0.25, 0.3) is 0 Å². The molecule has 0 spiro atoms. The van der Waals surface area contributed by atoms with Gasteiger partial charge in [0.2, 0.25) is 0 Å². The van der Waals surface area contributed by atoms with Crippen LogP contribution in [0.4, 0.5) is 5.69 Å². The molecule has 0 unspecified atom stereocenters. The van der Waals surface area contributed by atoms with Gasteiger partial charge in [0, 0.05) is 33.1 Å². The number of aromatic nitrogens is 1. The zero-order chi connectivity index (χ0) is 13.8. The highest BCUT2D eigenvalue weighted by atomic mass is 127. The second kappa shape index (κ2) is 6.21. The van der Waals surface area contributed by atoms with E-state index in [1.807, 2.05) is 24.3 Å². The van der Waals surface area contributed by atoms with Crippen molar-refractivity contribution in [2.75, 3.05) is 5.32 Å². The van der Waals surface area contributed by atoms with Gasteiger partial charge in [0.05, 0.1) is 12.3 Å². The lowest BCUT2D eigenvalue weighted by molar-refractivity contribution is 0.279. The van der Waals surface area contributed by atoms with Crippen molar-refractivity contribution in [1.82, 2.24) is 4.98 Å². The van der Waals surface area contributed by atoms with E-state index < -0.39 is 0 Å². The molecule has 0 bridgehead atoms. The molecule has 0 radical (unpaired) electrons. The minimum atomic E-state index is -0.135. The number of hydrogen-bond donors (Lipinski definition) is 3. The number of rotatable bonds is 4. The summed E-state index contributed by atoms with van der Waals surface area (Å²) in [4.78, 5) is 4.04. The molecule has 5 heteroatoms. The fraction of sp³-hybridized carbons (Fsp3) is 0.214. The van der Waals surface area contributed by atoms with E-state index >= 15 is 0 Å². The number of aromatic hydroxyl groups is 1. The standard InChI is InChI=1S/C14H15IN2O2/c1-9-14(19)11(10(8-18)6-16-9)7-17-13-5-3-2-4-12(13)15/h2-6,17-19H,7-8H2,1H3. The molecule has 0 aliphatic heterocycles. The van der Waals surface area contributed by atoms with Crippen LogP contribution in [-0.4, -0.2) is 15.2 Å². The Hall–Kier alpha value is -1.34. The molecule has 0 saturated heterocycles. The first-order chi connectivity index (χ1) is 9.13. The fourth-order valence-corrected chi connectivity index (χ4v) is 2.38. The van der Waals surface area contributed by atoms with E-state index in [0.717, 1.165) is 9.26 Å². The Morgan fingerprint density at radius 1 is 1.32 bits per heavy atom. The van der Waals surface area contributed by atoms with E-state index in [1.54, 1.807) is 13.1 Å². The van der Waals surface area contributed by atoms with Crippen LogP contribution in [-0.2, 0) is 13.2 Å². The normalized spacial score (nSPS) is 10.5. The minimum absolute atomic E-state index is 0.135. The zero-order valence-corrected chi connectivity index (χ0v) is 12.7. The predicted octanol–water partition coefficient (Wildman–Crippen LogP) is 2.80. The molecule has 4 nitrogen and oxygen atoms in total. The largest absolute Gasteiger partial charge is 0.506 e. The van der Waals surface area contributed by atoms with Crippen molar-refractivity contribution in [2.45, 2.75) is 20.1 Å². The Kier molecular flexibility index (Phi) is 4.60. The van der Waals surface area contributed by atoms with E-state index in [-0.39, 0.29) is 12.4 Å². The first kappa shape index (κ1) is 14.1. The molecule has 3 N–H and O–H groups in total. The van der Waals surface area contributed by atoms with Gasteiger partial charge in [-0.15, -0.1) is 0 Å². The van der Waals surface area contributed by atoms with Crippen LogP contribution < -0.4 is 5.32 Å². The molecule has 100 valence electrons. The lowest BCUT2D eigenvalue weighted by Gasteiger charge is -2.13. The summed E-state index contributed by atoms with van der Waals surface area (Å²) in [5, 5.41) is 22.6. The summed E-state index contributed by atoms with van der Waals surface area (Å²) in [6.45, 7) is 2.06. The highest BCUT2D eigenvalue weighted by Crippen LogP contribution is 2.26. The van der Waals surface area contributed by atoms with E-state index in [4.69, 9.17) is 0 Å². The number of aliphatic hydroxyl groups excluding tert-OH is 1. The summed E-state index contributed by atoms with van der Waals surface area (Å²) in [7, 11) is 0. The maximum absolute atomic E-state index is 10.0. The number of nitrogens with zero attached hydrogens (tertiary/aromatic N) is 1. The average molecular weight is 370 g/mol. The van der Waals surface area contributed by atoms with E-state index in [2.05, 4.69) is 32.9 Å². The van der Waals surface area contributed by atoms with Crippen LogP contribution in [0, 0.1) is 10.5 Å². The minimum Gasteiger partial charge on any atom is -0.506 e. The summed E-state index contributed by atoms with van der Waals surface area (Å²) in [5.41, 5.74) is 2.90. The molecule has 1 aromatic carbocycles. The molecule has 2 rings (SSSR count). The van der Waals surface area contributed by atoms with Gasteiger partial charge in [0.15, 0.2) is 0 Å². The Morgan fingerprint density at radius 3 is 2.74 bits per heavy atom. The predicted molar refractivity (Wildman–Crippen MR) is 83.0 cm³/mol. The number of para-hydroxylation sites is 1. The second-order valence-electron chi connectivity index (χ2n) is 4.19. The quantitative estimate of drug-likeness (QED) is 0.725. The van der Waals surface area contributed by atoms with Gasteiger partial charge in [0.1, 0.15) is 5.75 Å². The molecule has 0 aliphatic carbocycles. The number of hydrogen-bond acceptors (Lipinski definition) is 4. The molecule has 19 heavy (non-hydrogen) atoms. The van der Waals surface area contributed by atoms with Gasteiger partial charge < -0.3 is 15.5 Å². The third-order valence-corrected chi connectivity index (χ3v) is 3.87. The summed E-state index contributed by atoms with van der Waals surface area (Å²) < 4.78 is 1.11. The Labute approximate surface area is 125 Å². The lowest BCUT2D eigenvalue weighted by atomic mass is 10.1. The fourth-order valence-electron chi connectivity index (χ4n) is 1.81. The van der Waals surface area contributed by atoms with Gasteiger partial charge in [-0.2, -0.15) is 0 Å². The Morgan fingerprint density at radius 2 is 2.05 bits per heavy atom. The maximum Gasteiger partial charge on any atom is 0.142 e. The van der Waals surface area contributed by atoms with Gasteiger partial charge in [0.25, 0.3) is 0 Å². The monoisotopic (exact) mass is 370 g/mol. The zero-order valence-electron chi connectivity index (χ0n) is 10.5. The lowest BCUT2D eigenvalue weighted by Crippen LogP contribution is -2.06. The average Bonchev–Trinajstić information content (AvgIpc) is 2.42. The van der Waals surface area contributed by atoms with Crippen molar-refractivity contribution in [3.05, 3.63) is 50.9 Å². The smallest absolute Gasteiger partial charge is 0.142 e. The highest BCUT2D eigenvalue weighted by molar-refractivity contribution is 14.1. The molecule has 0 fully saturated rings. The van der Waals surface area contributed by atoms with Crippen LogP contribution >= 0.6 is 22.6 Å². The summed E-state index contributed by atoms with van der Waals surface area (Å²) in [6.07, 6.45) is 1.60. The highest BCUT2D eigenvalue weighted by Gasteiger charge is 2.11. The van der Waals surface area contributed by atoms with Crippen molar-refractivity contribution in [3.63, 3.8) is 0 Å². The number of anilines is 1. The number of aryl methyl sites for hydroxylation is 1. The van der Waals surface area contributed by atoms with Crippen molar-refractivity contribution in [2.24, 2.45) is 0 Å². The molecule has 0 saturated carbocycles. The molecule has 2 aromatic rings. The topological polar surface area (TPSA) is 65.4 Å². The van der Waals surface area contributed by atoms with Crippen LogP contribution in [0.3, 0.4) is 0 Å². The summed E-state index contributed by atoms with van der Waals surface area (Å²) in [6, 6.07) is 7.91. The van der Waals surface area contributed by atoms with E-state index in [9.17, 15) is 10.2 Å². The third kappa shape index (κ3) is 3.16. The number of nitrogens with one attached hydrogen (secondary N) is 1. The van der Waals surface area contributed by atoms with Gasteiger partial charge in [-0.05, 0) is 41.6 Å². The van der Waals surface area contributed by atoms with E-state index in [0.29, 0.717) is 23.4 Å². The van der Waals surface area contributed by atoms with E-state index in [1.165, 1.54) is 0 Å². The van der Waals surface area contributed by atoms with Gasteiger partial charge >= 0.3 is 0 Å². The van der Waals surface area contributed by atoms with Crippen LogP contribution in [0.15, 0.2) is 30.5 Å². The van der Waals surface area contributed by atoms with Crippen LogP contribution in [0.2, 0.25) is 0 Å². The molecule has 1 aromatic heterocycles. The molecule has 0 atom stereocenters. The third-order valence-electron chi connectivity index (χ3n) is 2.93. The first-order valence-electron chi connectivity index (χ1n) is 5.89. The van der Waals surface area contributed by atoms with Gasteiger partial charge in [-0.25, -0.2) is 0 Å². The number of halogens is 1. The van der Waals surface area contributed by atoms with Crippen molar-refractivity contribution in [3.8, 4) is 5.75 Å². The van der Waals surface area contributed by atoms with Crippen molar-refractivity contribution >= 4 is 28.3 Å². The number of aliphatic hydroxyl groups is 1. The first-order valence-corrected chi connectivity index (χ1v) is 6.97. The molecular weight excluding hydrogens is 355 g/mol. The number of benzene rings is 1. The molecule has 0 amide bonds. The Bertz CT molecular complexity index is 588. The number of pyridine rings is 1. The van der Waals surface area contributed by atoms with Crippen molar-refractivity contribution < 1.29 is 10.2 Å². The molecule has 0 aliphatic rings. The van der Waals surface area contributed by atoms with Crippen molar-refractivity contribution in [1.29, 1.82) is 0 Å².